The lowest BCUT2D eigenvalue weighted by Crippen LogP contribution is -2.77. The van der Waals surface area contributed by atoms with Crippen LogP contribution >= 0.6 is 11.6 Å². The second-order valence-electron chi connectivity index (χ2n) is 21.3. The molecule has 2 aliphatic carbocycles. The molecule has 0 atom stereocenters. The molecule has 10 rings (SSSR count). The van der Waals surface area contributed by atoms with Gasteiger partial charge in [0.2, 0.25) is 0 Å². The van der Waals surface area contributed by atoms with Crippen molar-refractivity contribution < 1.29 is 0 Å². The highest BCUT2D eigenvalue weighted by molar-refractivity contribution is 7.21. The summed E-state index contributed by atoms with van der Waals surface area (Å²) in [7, 11) is -2.80. The monoisotopic (exact) mass is 860 g/mol. The fourth-order valence-corrected chi connectivity index (χ4v) is 17.0. The average Bonchev–Trinajstić information content (AvgIpc) is 3.28. The van der Waals surface area contributed by atoms with Crippen LogP contribution in [0.25, 0.3) is 0 Å². The Morgan fingerprint density at radius 2 is 0.841 bits per heavy atom. The van der Waals surface area contributed by atoms with Crippen molar-refractivity contribution in [1.82, 2.24) is 0 Å². The first-order valence-corrected chi connectivity index (χ1v) is 25.4. The predicted octanol–water partition coefficient (Wildman–Crippen LogP) is 14.0. The number of para-hydroxylation sites is 2. The van der Waals surface area contributed by atoms with Crippen LogP contribution in [0.15, 0.2) is 158 Å². The van der Waals surface area contributed by atoms with E-state index in [1.165, 1.54) is 67.2 Å². The molecule has 3 aliphatic rings. The number of anilines is 6. The van der Waals surface area contributed by atoms with Gasteiger partial charge in [-0.05, 0) is 151 Å². The maximum Gasteiger partial charge on any atom is 0.184 e. The Labute approximate surface area is 382 Å². The van der Waals surface area contributed by atoms with Crippen LogP contribution in [-0.4, -0.2) is 8.07 Å². The first kappa shape index (κ1) is 41.6. The van der Waals surface area contributed by atoms with Crippen LogP contribution in [0.1, 0.15) is 109 Å². The van der Waals surface area contributed by atoms with Crippen LogP contribution in [-0.2, 0) is 21.7 Å². The molecule has 0 bridgehead atoms. The minimum atomic E-state index is -2.80. The molecule has 1 aliphatic heterocycles. The number of nitrogens with zero attached hydrogens (tertiary/aromatic N) is 2. The van der Waals surface area contributed by atoms with Crippen molar-refractivity contribution in [1.29, 1.82) is 0 Å². The number of hydrogen-bond acceptors (Lipinski definition) is 2. The zero-order valence-corrected chi connectivity index (χ0v) is 40.4. The Hall–Kier alpha value is -5.35. The second-order valence-corrected chi connectivity index (χ2v) is 25.4. The van der Waals surface area contributed by atoms with Gasteiger partial charge in [0.15, 0.2) is 8.07 Å². The molecule has 0 spiro atoms. The highest BCUT2D eigenvalue weighted by Gasteiger charge is 2.49. The molecule has 1 heterocycles. The molecule has 2 nitrogen and oxygen atoms in total. The van der Waals surface area contributed by atoms with E-state index in [4.69, 9.17) is 11.6 Å². The van der Waals surface area contributed by atoms with Gasteiger partial charge >= 0.3 is 0 Å². The van der Waals surface area contributed by atoms with Crippen molar-refractivity contribution in [2.45, 2.75) is 110 Å². The summed E-state index contributed by atoms with van der Waals surface area (Å²) in [6.45, 7) is 21.6. The summed E-state index contributed by atoms with van der Waals surface area (Å²) in [5.74, 6) is 0. The topological polar surface area (TPSA) is 6.48 Å². The SMILES string of the molecule is Cc1cc(N(c2ccc3c(c2)C(C)(C)CCC3(C)C)c2ccc3c(c2)C(C)(C)CCC3(C)C)c(Cl)c(N2c3ccccc3[Si](c3ccccc3)(c3ccccc3)c3ccccc32)c1. The van der Waals surface area contributed by atoms with E-state index >= 15 is 0 Å². The summed E-state index contributed by atoms with van der Waals surface area (Å²) in [6.07, 6.45) is 4.66. The second kappa shape index (κ2) is 14.9. The fraction of sp³-hybridized carbons (Fsp3) is 0.288. The van der Waals surface area contributed by atoms with Gasteiger partial charge in [0.1, 0.15) is 0 Å². The van der Waals surface area contributed by atoms with Crippen LogP contribution in [0.5, 0.6) is 0 Å². The largest absolute Gasteiger partial charge is 0.309 e. The molecule has 0 saturated carbocycles. The molecule has 318 valence electrons. The van der Waals surface area contributed by atoms with E-state index in [1.54, 1.807) is 0 Å². The van der Waals surface area contributed by atoms with E-state index in [9.17, 15) is 0 Å². The van der Waals surface area contributed by atoms with E-state index in [-0.39, 0.29) is 21.7 Å². The van der Waals surface area contributed by atoms with Crippen LogP contribution in [0.3, 0.4) is 0 Å². The minimum absolute atomic E-state index is 0.0467. The Morgan fingerprint density at radius 1 is 0.444 bits per heavy atom. The molecule has 0 N–H and O–H groups in total. The smallest absolute Gasteiger partial charge is 0.184 e. The van der Waals surface area contributed by atoms with E-state index in [0.29, 0.717) is 0 Å². The van der Waals surface area contributed by atoms with Crippen molar-refractivity contribution in [2.24, 2.45) is 0 Å². The Morgan fingerprint density at radius 3 is 1.29 bits per heavy atom. The zero-order valence-electron chi connectivity index (χ0n) is 38.6. The normalized spacial score (nSPS) is 18.3. The molecule has 4 heteroatoms. The summed E-state index contributed by atoms with van der Waals surface area (Å²) in [5, 5.41) is 6.19. The molecule has 7 aromatic rings. The molecular formula is C59H61ClN2Si. The van der Waals surface area contributed by atoms with E-state index in [1.807, 2.05) is 0 Å². The number of hydrogen-bond donors (Lipinski definition) is 0. The van der Waals surface area contributed by atoms with Crippen molar-refractivity contribution in [2.75, 3.05) is 9.80 Å². The Kier molecular flexibility index (Phi) is 9.82. The number of benzene rings is 7. The fourth-order valence-electron chi connectivity index (χ4n) is 11.6. The molecule has 0 radical (unpaired) electrons. The average molecular weight is 862 g/mol. The number of halogens is 1. The summed E-state index contributed by atoms with van der Waals surface area (Å²) in [6, 6.07) is 59.9. The van der Waals surface area contributed by atoms with Crippen LogP contribution in [0.4, 0.5) is 34.1 Å². The summed E-state index contributed by atoms with van der Waals surface area (Å²) >= 11 is 8.16. The minimum Gasteiger partial charge on any atom is -0.309 e. The van der Waals surface area contributed by atoms with Crippen molar-refractivity contribution >= 4 is 74.5 Å². The molecule has 0 fully saturated rings. The van der Waals surface area contributed by atoms with Crippen LogP contribution in [0, 0.1) is 6.92 Å². The lowest BCUT2D eigenvalue weighted by atomic mass is 9.63. The molecule has 0 saturated heterocycles. The summed E-state index contributed by atoms with van der Waals surface area (Å²) in [5.41, 5.74) is 13.9. The highest BCUT2D eigenvalue weighted by Crippen LogP contribution is 2.53. The van der Waals surface area contributed by atoms with E-state index in [0.717, 1.165) is 46.2 Å². The molecule has 0 aromatic heterocycles. The van der Waals surface area contributed by atoms with Gasteiger partial charge in [0.25, 0.3) is 0 Å². The Bertz CT molecular complexity index is 2720. The lowest BCUT2D eigenvalue weighted by Gasteiger charge is -2.45. The van der Waals surface area contributed by atoms with Crippen molar-refractivity contribution in [3.05, 3.63) is 191 Å². The maximum absolute atomic E-state index is 8.16. The van der Waals surface area contributed by atoms with Gasteiger partial charge in [-0.15, -0.1) is 0 Å². The quantitative estimate of drug-likeness (QED) is 0.154. The number of aryl methyl sites for hydroxylation is 1. The molecule has 63 heavy (non-hydrogen) atoms. The van der Waals surface area contributed by atoms with E-state index < -0.39 is 8.07 Å². The summed E-state index contributed by atoms with van der Waals surface area (Å²) in [4.78, 5) is 4.94. The molecule has 0 unspecified atom stereocenters. The van der Waals surface area contributed by atoms with Gasteiger partial charge in [0, 0.05) is 22.7 Å². The number of rotatable bonds is 6. The van der Waals surface area contributed by atoms with Gasteiger partial charge in [-0.2, -0.15) is 0 Å². The lowest BCUT2D eigenvalue weighted by molar-refractivity contribution is 0.332. The third-order valence-corrected chi connectivity index (χ3v) is 20.6. The van der Waals surface area contributed by atoms with Gasteiger partial charge in [-0.1, -0.05) is 176 Å². The Balaban J connectivity index is 1.24. The highest BCUT2D eigenvalue weighted by atomic mass is 35.5. The van der Waals surface area contributed by atoms with Crippen molar-refractivity contribution in [3.63, 3.8) is 0 Å². The predicted molar refractivity (Wildman–Crippen MR) is 273 cm³/mol. The van der Waals surface area contributed by atoms with Gasteiger partial charge in [0.05, 0.1) is 16.4 Å². The molecular weight excluding hydrogens is 800 g/mol. The standard InChI is InChI=1S/C59H61ClN2Si/c1-40-36-51(61(41-28-30-45-47(38-41)58(6,7)34-32-56(45,2)3)42-29-31-46-48(39-42)59(8,9)35-33-57(46,4)5)55(60)52(37-40)62-49-24-16-18-26-53(49)63(43-20-12-10-13-21-43,44-22-14-11-15-23-44)54-27-19-17-25-50(54)62/h10-31,36-39H,32-35H2,1-9H3. The van der Waals surface area contributed by atoms with Gasteiger partial charge in [-0.25, -0.2) is 0 Å². The van der Waals surface area contributed by atoms with Gasteiger partial charge < -0.3 is 9.80 Å². The maximum atomic E-state index is 8.16. The third-order valence-electron chi connectivity index (χ3n) is 15.4. The van der Waals surface area contributed by atoms with Crippen LogP contribution < -0.4 is 30.5 Å². The molecule has 0 amide bonds. The first-order valence-electron chi connectivity index (χ1n) is 23.1. The van der Waals surface area contributed by atoms with Gasteiger partial charge in [-0.3, -0.25) is 0 Å². The third kappa shape index (κ3) is 6.55. The number of fused-ring (bicyclic) bond motifs is 4. The van der Waals surface area contributed by atoms with Crippen molar-refractivity contribution in [3.8, 4) is 0 Å². The first-order chi connectivity index (χ1) is 30.0. The van der Waals surface area contributed by atoms with E-state index in [2.05, 4.69) is 230 Å². The molecule has 7 aromatic carbocycles. The summed E-state index contributed by atoms with van der Waals surface area (Å²) < 4.78 is 0. The zero-order chi connectivity index (χ0) is 44.1. The van der Waals surface area contributed by atoms with Crippen LogP contribution in [0.2, 0.25) is 5.02 Å².